The predicted octanol–water partition coefficient (Wildman–Crippen LogP) is 5.20. The number of methoxy groups -OCH3 is 1. The second-order valence-electron chi connectivity index (χ2n) is 8.06. The maximum atomic E-state index is 15.1. The van der Waals surface area contributed by atoms with E-state index in [9.17, 15) is 9.18 Å². The normalized spacial score (nSPS) is 15.4. The first-order valence-electron chi connectivity index (χ1n) is 10.7. The molecule has 1 aliphatic heterocycles. The third kappa shape index (κ3) is 4.26. The number of hydrogen-bond acceptors (Lipinski definition) is 5. The fourth-order valence-corrected chi connectivity index (χ4v) is 4.20. The summed E-state index contributed by atoms with van der Waals surface area (Å²) in [5.41, 5.74) is 2.16. The molecule has 1 saturated heterocycles. The number of esters is 1. The van der Waals surface area contributed by atoms with Crippen molar-refractivity contribution in [2.45, 2.75) is 25.5 Å². The van der Waals surface area contributed by atoms with Crippen molar-refractivity contribution in [2.24, 2.45) is 0 Å². The summed E-state index contributed by atoms with van der Waals surface area (Å²) in [6, 6.07) is 12.1. The van der Waals surface area contributed by atoms with Crippen LogP contribution in [-0.2, 0) is 22.4 Å². The largest absolute Gasteiger partial charge is 0.465 e. The van der Waals surface area contributed by atoms with Gasteiger partial charge in [0.15, 0.2) is 0 Å². The molecular formula is C25H20ClF2N3O3. The molecule has 174 valence electrons. The Labute approximate surface area is 199 Å². The molecule has 0 aliphatic carbocycles. The van der Waals surface area contributed by atoms with Crippen molar-refractivity contribution < 1.29 is 23.0 Å². The third-order valence-electron chi connectivity index (χ3n) is 5.90. The van der Waals surface area contributed by atoms with Gasteiger partial charge in [-0.15, -0.1) is 0 Å². The fraction of sp³-hybridized carbons (Fsp3) is 0.240. The topological polar surface area (TPSA) is 66.2 Å². The molecule has 1 aliphatic rings. The number of carbonyl (C=O) groups is 1. The van der Waals surface area contributed by atoms with Crippen LogP contribution in [0.15, 0.2) is 48.5 Å². The zero-order valence-electron chi connectivity index (χ0n) is 18.2. The number of ether oxygens (including phenoxy) is 2. The summed E-state index contributed by atoms with van der Waals surface area (Å²) < 4.78 is 42.4. The number of pyridine rings is 1. The van der Waals surface area contributed by atoms with Crippen LogP contribution >= 0.6 is 11.6 Å². The molecule has 5 rings (SSSR count). The minimum absolute atomic E-state index is 0.00389. The third-order valence-corrected chi connectivity index (χ3v) is 6.11. The van der Waals surface area contributed by atoms with Crippen molar-refractivity contribution in [3.05, 3.63) is 82.3 Å². The Kier molecular flexibility index (Phi) is 6.02. The Morgan fingerprint density at radius 2 is 2.00 bits per heavy atom. The molecule has 0 saturated carbocycles. The van der Waals surface area contributed by atoms with Crippen molar-refractivity contribution in [3.63, 3.8) is 0 Å². The average Bonchev–Trinajstić information content (AvgIpc) is 3.13. The number of aromatic nitrogens is 3. The maximum Gasteiger partial charge on any atom is 0.337 e. The van der Waals surface area contributed by atoms with Crippen LogP contribution in [0.5, 0.6) is 0 Å². The lowest BCUT2D eigenvalue weighted by molar-refractivity contribution is -0.0589. The zero-order valence-corrected chi connectivity index (χ0v) is 19.0. The Hall–Kier alpha value is -3.36. The quantitative estimate of drug-likeness (QED) is 0.279. The first kappa shape index (κ1) is 22.4. The van der Waals surface area contributed by atoms with E-state index in [2.05, 4.69) is 9.97 Å². The van der Waals surface area contributed by atoms with E-state index in [-0.39, 0.29) is 34.5 Å². The molecule has 1 fully saturated rings. The van der Waals surface area contributed by atoms with Gasteiger partial charge >= 0.3 is 5.97 Å². The summed E-state index contributed by atoms with van der Waals surface area (Å²) in [6.45, 7) is 1.17. The second-order valence-corrected chi connectivity index (χ2v) is 8.45. The lowest BCUT2D eigenvalue weighted by Crippen LogP contribution is -2.31. The van der Waals surface area contributed by atoms with E-state index in [0.717, 1.165) is 18.6 Å². The second kappa shape index (κ2) is 9.12. The summed E-state index contributed by atoms with van der Waals surface area (Å²) in [4.78, 5) is 20.7. The maximum absolute atomic E-state index is 15.1. The van der Waals surface area contributed by atoms with Gasteiger partial charge in [0.25, 0.3) is 0 Å². The number of fused-ring (bicyclic) bond motifs is 1. The first-order chi connectivity index (χ1) is 16.4. The van der Waals surface area contributed by atoms with Crippen LogP contribution in [0, 0.1) is 11.6 Å². The number of halogens is 3. The van der Waals surface area contributed by atoms with Crippen molar-refractivity contribution in [1.29, 1.82) is 0 Å². The van der Waals surface area contributed by atoms with Crippen molar-refractivity contribution in [1.82, 2.24) is 14.5 Å². The summed E-state index contributed by atoms with van der Waals surface area (Å²) >= 11 is 5.90. The van der Waals surface area contributed by atoms with E-state index in [1.807, 2.05) is 4.57 Å². The monoisotopic (exact) mass is 483 g/mol. The molecule has 0 amide bonds. The molecule has 9 heteroatoms. The summed E-state index contributed by atoms with van der Waals surface area (Å²) in [5, 5.41) is 0.194. The lowest BCUT2D eigenvalue weighted by atomic mass is 10.0. The standard InChI is InChI=1S/C25H20ClF2N3O3/c1-33-25(32)14-5-6-21-22(10-14)31(13-16-7-8-34-16)24(30-21)11-15-9-19(28)17(12-18(15)27)20-3-2-4-23(26)29-20/h2-6,9-10,12,16H,7-8,11,13H2,1H3/t16-/m0/s1. The van der Waals surface area contributed by atoms with Crippen molar-refractivity contribution in [2.75, 3.05) is 13.7 Å². The minimum atomic E-state index is -0.607. The van der Waals surface area contributed by atoms with E-state index in [4.69, 9.17) is 21.1 Å². The van der Waals surface area contributed by atoms with Gasteiger partial charge in [-0.3, -0.25) is 0 Å². The van der Waals surface area contributed by atoms with Crippen LogP contribution in [-0.4, -0.2) is 40.3 Å². The molecule has 0 radical (unpaired) electrons. The highest BCUT2D eigenvalue weighted by Gasteiger charge is 2.23. The zero-order chi connectivity index (χ0) is 23.8. The number of benzene rings is 2. The molecule has 6 nitrogen and oxygen atoms in total. The van der Waals surface area contributed by atoms with Gasteiger partial charge in [0.2, 0.25) is 0 Å². The van der Waals surface area contributed by atoms with Gasteiger partial charge in [-0.05, 0) is 54.4 Å². The van der Waals surface area contributed by atoms with Crippen molar-refractivity contribution >= 4 is 28.6 Å². The number of hydrogen-bond donors (Lipinski definition) is 0. The van der Waals surface area contributed by atoms with E-state index < -0.39 is 17.6 Å². The number of imidazole rings is 1. The average molecular weight is 484 g/mol. The molecule has 0 bridgehead atoms. The SMILES string of the molecule is COC(=O)c1ccc2nc(Cc3cc(F)c(-c4cccc(Cl)n4)cc3F)n(C[C@@H]3CCO3)c2c1. The smallest absolute Gasteiger partial charge is 0.337 e. The van der Waals surface area contributed by atoms with Crippen LogP contribution in [0.3, 0.4) is 0 Å². The van der Waals surface area contributed by atoms with Crippen LogP contribution in [0.1, 0.15) is 28.2 Å². The van der Waals surface area contributed by atoms with Gasteiger partial charge in [-0.25, -0.2) is 23.5 Å². The summed E-state index contributed by atoms with van der Waals surface area (Å²) in [5.74, 6) is -1.11. The van der Waals surface area contributed by atoms with Crippen LogP contribution in [0.2, 0.25) is 5.15 Å². The Bertz CT molecular complexity index is 1400. The van der Waals surface area contributed by atoms with Gasteiger partial charge in [0, 0.05) is 18.6 Å². The summed E-state index contributed by atoms with van der Waals surface area (Å²) in [7, 11) is 1.32. The Balaban J connectivity index is 1.54. The van der Waals surface area contributed by atoms with Crippen LogP contribution < -0.4 is 0 Å². The van der Waals surface area contributed by atoms with Gasteiger partial charge in [0.05, 0.1) is 42.0 Å². The van der Waals surface area contributed by atoms with Crippen LogP contribution in [0.25, 0.3) is 22.3 Å². The molecule has 0 N–H and O–H groups in total. The van der Waals surface area contributed by atoms with Gasteiger partial charge in [-0.2, -0.15) is 0 Å². The highest BCUT2D eigenvalue weighted by atomic mass is 35.5. The lowest BCUT2D eigenvalue weighted by Gasteiger charge is -2.27. The first-order valence-corrected chi connectivity index (χ1v) is 11.1. The predicted molar refractivity (Wildman–Crippen MR) is 123 cm³/mol. The van der Waals surface area contributed by atoms with Gasteiger partial charge < -0.3 is 14.0 Å². The molecule has 0 spiro atoms. The molecular weight excluding hydrogens is 464 g/mol. The van der Waals surface area contributed by atoms with Crippen LogP contribution in [0.4, 0.5) is 8.78 Å². The molecule has 4 aromatic rings. The molecule has 1 atom stereocenters. The van der Waals surface area contributed by atoms with E-state index in [1.165, 1.54) is 7.11 Å². The molecule has 2 aromatic carbocycles. The van der Waals surface area contributed by atoms with Gasteiger partial charge in [0.1, 0.15) is 22.6 Å². The number of rotatable bonds is 6. The number of carbonyl (C=O) groups excluding carboxylic acids is 1. The molecule has 0 unspecified atom stereocenters. The Morgan fingerprint density at radius 3 is 2.71 bits per heavy atom. The van der Waals surface area contributed by atoms with E-state index >= 15 is 4.39 Å². The highest BCUT2D eigenvalue weighted by molar-refractivity contribution is 6.29. The van der Waals surface area contributed by atoms with E-state index in [0.29, 0.717) is 35.6 Å². The molecule has 34 heavy (non-hydrogen) atoms. The fourth-order valence-electron chi connectivity index (χ4n) is 4.04. The summed E-state index contributed by atoms with van der Waals surface area (Å²) in [6.07, 6.45) is 0.942. The molecule has 3 heterocycles. The number of nitrogens with zero attached hydrogens (tertiary/aromatic N) is 3. The minimum Gasteiger partial charge on any atom is -0.465 e. The van der Waals surface area contributed by atoms with E-state index in [1.54, 1.807) is 36.4 Å². The Morgan fingerprint density at radius 1 is 1.18 bits per heavy atom. The highest BCUT2D eigenvalue weighted by Crippen LogP contribution is 2.28. The molecule has 2 aromatic heterocycles. The van der Waals surface area contributed by atoms with Crippen molar-refractivity contribution in [3.8, 4) is 11.3 Å². The van der Waals surface area contributed by atoms with Gasteiger partial charge in [-0.1, -0.05) is 17.7 Å².